The second-order valence-corrected chi connectivity index (χ2v) is 4.76. The monoisotopic (exact) mass is 223 g/mol. The molecule has 0 aromatic carbocycles. The van der Waals surface area contributed by atoms with Crippen LogP contribution in [0.4, 0.5) is 0 Å². The van der Waals surface area contributed by atoms with Gasteiger partial charge in [0.15, 0.2) is 0 Å². The Morgan fingerprint density at radius 3 is 2.94 bits per heavy atom. The van der Waals surface area contributed by atoms with Gasteiger partial charge in [0.25, 0.3) is 0 Å². The molecule has 92 valence electrons. The van der Waals surface area contributed by atoms with Crippen molar-refractivity contribution < 1.29 is 0 Å². The predicted molar refractivity (Wildman–Crippen MR) is 68.3 cm³/mol. The van der Waals surface area contributed by atoms with E-state index in [0.29, 0.717) is 0 Å². The van der Waals surface area contributed by atoms with E-state index in [1.165, 1.54) is 18.5 Å². The maximum Gasteiger partial charge on any atom is 0.0522 e. The molecule has 0 atom stereocenters. The number of hydrogen-bond donors (Lipinski definition) is 1. The van der Waals surface area contributed by atoms with Gasteiger partial charge in [0.2, 0.25) is 0 Å². The summed E-state index contributed by atoms with van der Waals surface area (Å²) in [6.45, 7) is 9.80. The van der Waals surface area contributed by atoms with Crippen molar-refractivity contribution in [3.63, 3.8) is 0 Å². The summed E-state index contributed by atoms with van der Waals surface area (Å²) in [4.78, 5) is 0. The van der Waals surface area contributed by atoms with Gasteiger partial charge in [0.1, 0.15) is 0 Å². The highest BCUT2D eigenvalue weighted by atomic mass is 15.3. The van der Waals surface area contributed by atoms with Crippen molar-refractivity contribution >= 4 is 0 Å². The zero-order valence-corrected chi connectivity index (χ0v) is 10.9. The largest absolute Gasteiger partial charge is 0.311 e. The molecule has 0 amide bonds. The molecule has 0 bridgehead atoms. The maximum atomic E-state index is 4.31. The van der Waals surface area contributed by atoms with E-state index in [4.69, 9.17) is 0 Å². The zero-order valence-electron chi connectivity index (χ0n) is 10.9. The summed E-state index contributed by atoms with van der Waals surface area (Å²) < 4.78 is 2.09. The van der Waals surface area contributed by atoms with Crippen LogP contribution in [0, 0.1) is 5.92 Å². The fraction of sp³-hybridized carbons (Fsp3) is 0.769. The van der Waals surface area contributed by atoms with E-state index in [1.807, 2.05) is 6.20 Å². The van der Waals surface area contributed by atoms with E-state index in [1.54, 1.807) is 0 Å². The van der Waals surface area contributed by atoms with Crippen molar-refractivity contribution in [2.24, 2.45) is 5.92 Å². The molecule has 1 heterocycles. The lowest BCUT2D eigenvalue weighted by atomic mass is 10.1. The van der Waals surface area contributed by atoms with Crippen LogP contribution < -0.4 is 5.32 Å². The van der Waals surface area contributed by atoms with E-state index in [-0.39, 0.29) is 0 Å². The second kappa shape index (κ2) is 7.44. The number of nitrogens with zero attached hydrogens (tertiary/aromatic N) is 2. The van der Waals surface area contributed by atoms with Gasteiger partial charge in [-0.25, -0.2) is 0 Å². The standard InChI is InChI=1S/C13H25N3/c1-4-10-16-13(7-9-15-16)11-14-8-5-6-12(2)3/h7,9,12,14H,4-6,8,10-11H2,1-3H3. The quantitative estimate of drug-likeness (QED) is 0.687. The summed E-state index contributed by atoms with van der Waals surface area (Å²) in [6.07, 6.45) is 5.60. The minimum atomic E-state index is 0.812. The van der Waals surface area contributed by atoms with Gasteiger partial charge in [-0.05, 0) is 37.8 Å². The van der Waals surface area contributed by atoms with E-state index in [0.717, 1.165) is 32.0 Å². The summed E-state index contributed by atoms with van der Waals surface area (Å²) in [5, 5.41) is 7.79. The van der Waals surface area contributed by atoms with Gasteiger partial charge in [0.05, 0.1) is 5.69 Å². The topological polar surface area (TPSA) is 29.9 Å². The van der Waals surface area contributed by atoms with Crippen LogP contribution in [0.1, 0.15) is 45.7 Å². The molecule has 1 aromatic rings. The van der Waals surface area contributed by atoms with Gasteiger partial charge < -0.3 is 5.32 Å². The predicted octanol–water partition coefficient (Wildman–Crippen LogP) is 2.82. The van der Waals surface area contributed by atoms with Gasteiger partial charge in [0, 0.05) is 19.3 Å². The average Bonchev–Trinajstić information content (AvgIpc) is 2.65. The first-order valence-corrected chi connectivity index (χ1v) is 6.45. The zero-order chi connectivity index (χ0) is 11.8. The molecule has 3 heteroatoms. The molecule has 0 spiro atoms. The Morgan fingerprint density at radius 1 is 1.44 bits per heavy atom. The molecule has 3 nitrogen and oxygen atoms in total. The Labute approximate surface area is 99.2 Å². The minimum Gasteiger partial charge on any atom is -0.311 e. The Morgan fingerprint density at radius 2 is 2.25 bits per heavy atom. The first kappa shape index (κ1) is 13.2. The lowest BCUT2D eigenvalue weighted by molar-refractivity contribution is 0.510. The molecule has 16 heavy (non-hydrogen) atoms. The van der Waals surface area contributed by atoms with Gasteiger partial charge in [-0.1, -0.05) is 20.8 Å². The lowest BCUT2D eigenvalue weighted by Crippen LogP contribution is -2.18. The third-order valence-corrected chi connectivity index (χ3v) is 2.68. The van der Waals surface area contributed by atoms with E-state index in [2.05, 4.69) is 41.9 Å². The van der Waals surface area contributed by atoms with Gasteiger partial charge in [-0.3, -0.25) is 4.68 Å². The summed E-state index contributed by atoms with van der Waals surface area (Å²) in [6, 6.07) is 2.10. The molecule has 0 saturated heterocycles. The number of rotatable bonds is 8. The SMILES string of the molecule is CCCn1nccc1CNCCCC(C)C. The summed E-state index contributed by atoms with van der Waals surface area (Å²) in [5.74, 6) is 0.812. The second-order valence-electron chi connectivity index (χ2n) is 4.76. The van der Waals surface area contributed by atoms with Crippen LogP contribution in [-0.2, 0) is 13.1 Å². The fourth-order valence-corrected chi connectivity index (χ4v) is 1.78. The molecule has 0 aliphatic heterocycles. The molecule has 0 aliphatic carbocycles. The van der Waals surface area contributed by atoms with Crippen molar-refractivity contribution in [2.75, 3.05) is 6.54 Å². The molecule has 1 rings (SSSR count). The Hall–Kier alpha value is -0.830. The molecule has 1 N–H and O–H groups in total. The van der Waals surface area contributed by atoms with E-state index < -0.39 is 0 Å². The molecular weight excluding hydrogens is 198 g/mol. The molecular formula is C13H25N3. The number of nitrogens with one attached hydrogen (secondary N) is 1. The minimum absolute atomic E-state index is 0.812. The lowest BCUT2D eigenvalue weighted by Gasteiger charge is -2.08. The van der Waals surface area contributed by atoms with Crippen LogP contribution in [0.25, 0.3) is 0 Å². The Bertz CT molecular complexity index is 278. The maximum absolute atomic E-state index is 4.31. The third kappa shape index (κ3) is 4.79. The van der Waals surface area contributed by atoms with Gasteiger partial charge >= 0.3 is 0 Å². The van der Waals surface area contributed by atoms with Crippen LogP contribution in [0.3, 0.4) is 0 Å². The molecule has 0 fully saturated rings. The highest BCUT2D eigenvalue weighted by Gasteiger charge is 2.00. The third-order valence-electron chi connectivity index (χ3n) is 2.68. The van der Waals surface area contributed by atoms with Gasteiger partial charge in [-0.2, -0.15) is 5.10 Å². The van der Waals surface area contributed by atoms with Crippen LogP contribution in [0.5, 0.6) is 0 Å². The van der Waals surface area contributed by atoms with Crippen LogP contribution in [-0.4, -0.2) is 16.3 Å². The smallest absolute Gasteiger partial charge is 0.0522 e. The van der Waals surface area contributed by atoms with Crippen molar-refractivity contribution in [3.05, 3.63) is 18.0 Å². The molecule has 0 saturated carbocycles. The highest BCUT2D eigenvalue weighted by molar-refractivity contribution is 4.99. The van der Waals surface area contributed by atoms with Crippen molar-refractivity contribution in [1.29, 1.82) is 0 Å². The molecule has 0 aliphatic rings. The number of aromatic nitrogens is 2. The van der Waals surface area contributed by atoms with Crippen molar-refractivity contribution in [1.82, 2.24) is 15.1 Å². The summed E-state index contributed by atoms with van der Waals surface area (Å²) in [7, 11) is 0. The number of aryl methyl sites for hydroxylation is 1. The number of hydrogen-bond acceptors (Lipinski definition) is 2. The first-order valence-electron chi connectivity index (χ1n) is 6.45. The highest BCUT2D eigenvalue weighted by Crippen LogP contribution is 2.03. The Kier molecular flexibility index (Phi) is 6.16. The first-order chi connectivity index (χ1) is 7.74. The Balaban J connectivity index is 2.18. The van der Waals surface area contributed by atoms with Gasteiger partial charge in [-0.15, -0.1) is 0 Å². The molecule has 0 unspecified atom stereocenters. The van der Waals surface area contributed by atoms with Crippen LogP contribution in [0.15, 0.2) is 12.3 Å². The van der Waals surface area contributed by atoms with E-state index >= 15 is 0 Å². The molecule has 0 radical (unpaired) electrons. The van der Waals surface area contributed by atoms with Crippen molar-refractivity contribution in [3.8, 4) is 0 Å². The normalized spacial score (nSPS) is 11.2. The summed E-state index contributed by atoms with van der Waals surface area (Å²) in [5.41, 5.74) is 1.30. The van der Waals surface area contributed by atoms with Crippen molar-refractivity contribution in [2.45, 2.75) is 53.1 Å². The van der Waals surface area contributed by atoms with Crippen LogP contribution >= 0.6 is 0 Å². The summed E-state index contributed by atoms with van der Waals surface area (Å²) >= 11 is 0. The van der Waals surface area contributed by atoms with Crippen LogP contribution in [0.2, 0.25) is 0 Å². The van der Waals surface area contributed by atoms with E-state index in [9.17, 15) is 0 Å². The average molecular weight is 223 g/mol. The fourth-order valence-electron chi connectivity index (χ4n) is 1.78. The molecule has 1 aromatic heterocycles.